The van der Waals surface area contributed by atoms with E-state index in [0.29, 0.717) is 6.61 Å². The van der Waals surface area contributed by atoms with E-state index >= 15 is 0 Å². The van der Waals surface area contributed by atoms with Crippen molar-refractivity contribution in [3.8, 4) is 0 Å². The molecule has 2 nitrogen and oxygen atoms in total. The Hall–Kier alpha value is -0.860. The smallest absolute Gasteiger partial charge is 0.105 e. The molecule has 0 heterocycles. The Balaban J connectivity index is 2.79. The number of aliphatic hydroxyl groups excluding tert-OH is 1. The van der Waals surface area contributed by atoms with E-state index in [1.54, 1.807) is 0 Å². The molecule has 0 saturated carbocycles. The van der Waals surface area contributed by atoms with Crippen molar-refractivity contribution in [3.05, 3.63) is 35.4 Å². The molecule has 1 aromatic carbocycles. The Kier molecular flexibility index (Phi) is 6.99. The van der Waals surface area contributed by atoms with Crippen LogP contribution in [0.3, 0.4) is 0 Å². The first-order chi connectivity index (χ1) is 8.72. The summed E-state index contributed by atoms with van der Waals surface area (Å²) in [6, 6.07) is 8.25. The molecule has 0 fully saturated rings. The minimum Gasteiger partial charge on any atom is -0.386 e. The third kappa shape index (κ3) is 4.43. The minimum absolute atomic E-state index is 0.0862. The SMILES string of the molecule is CCCc1cccc(C(O)C(CCC)OCC)c1. The molecule has 1 N–H and O–H groups in total. The van der Waals surface area contributed by atoms with Gasteiger partial charge in [-0.25, -0.2) is 0 Å². The first-order valence-electron chi connectivity index (χ1n) is 7.11. The van der Waals surface area contributed by atoms with Gasteiger partial charge in [0, 0.05) is 6.61 Å². The molecule has 1 rings (SSSR count). The lowest BCUT2D eigenvalue weighted by atomic mass is 9.98. The summed E-state index contributed by atoms with van der Waals surface area (Å²) in [7, 11) is 0. The van der Waals surface area contributed by atoms with E-state index in [9.17, 15) is 5.11 Å². The third-order valence-electron chi connectivity index (χ3n) is 3.14. The van der Waals surface area contributed by atoms with Gasteiger partial charge in [0.05, 0.1) is 6.10 Å². The second kappa shape index (κ2) is 8.28. The van der Waals surface area contributed by atoms with Crippen molar-refractivity contribution in [2.75, 3.05) is 6.61 Å². The zero-order chi connectivity index (χ0) is 13.4. The van der Waals surface area contributed by atoms with Crippen molar-refractivity contribution in [1.29, 1.82) is 0 Å². The number of rotatable bonds is 8. The normalized spacial score (nSPS) is 14.4. The molecule has 0 aliphatic rings. The first kappa shape index (κ1) is 15.2. The van der Waals surface area contributed by atoms with Crippen molar-refractivity contribution in [3.63, 3.8) is 0 Å². The van der Waals surface area contributed by atoms with Crippen LogP contribution in [-0.4, -0.2) is 17.8 Å². The fourth-order valence-corrected chi connectivity index (χ4v) is 2.27. The average Bonchev–Trinajstić information content (AvgIpc) is 2.38. The first-order valence-corrected chi connectivity index (χ1v) is 7.11. The van der Waals surface area contributed by atoms with Gasteiger partial charge in [-0.05, 0) is 30.9 Å². The Bertz CT molecular complexity index is 330. The topological polar surface area (TPSA) is 29.5 Å². The average molecular weight is 250 g/mol. The molecule has 2 heteroatoms. The van der Waals surface area contributed by atoms with Crippen LogP contribution in [0.2, 0.25) is 0 Å². The van der Waals surface area contributed by atoms with E-state index in [4.69, 9.17) is 4.74 Å². The Morgan fingerprint density at radius 2 is 1.94 bits per heavy atom. The zero-order valence-electron chi connectivity index (χ0n) is 11.9. The number of hydrogen-bond acceptors (Lipinski definition) is 2. The van der Waals surface area contributed by atoms with Gasteiger partial charge in [-0.15, -0.1) is 0 Å². The molecule has 2 unspecified atom stereocenters. The summed E-state index contributed by atoms with van der Waals surface area (Å²) in [6.45, 7) is 6.91. The number of aliphatic hydroxyl groups is 1. The van der Waals surface area contributed by atoms with Crippen molar-refractivity contribution in [2.45, 2.75) is 58.7 Å². The lowest BCUT2D eigenvalue weighted by molar-refractivity contribution is -0.0385. The predicted octanol–water partition coefficient (Wildman–Crippen LogP) is 3.88. The molecule has 0 aliphatic heterocycles. The van der Waals surface area contributed by atoms with Crippen molar-refractivity contribution in [1.82, 2.24) is 0 Å². The maximum atomic E-state index is 10.4. The van der Waals surface area contributed by atoms with E-state index < -0.39 is 6.10 Å². The van der Waals surface area contributed by atoms with E-state index in [2.05, 4.69) is 26.0 Å². The predicted molar refractivity (Wildman–Crippen MR) is 75.7 cm³/mol. The fraction of sp³-hybridized carbons (Fsp3) is 0.625. The van der Waals surface area contributed by atoms with Crippen LogP contribution in [-0.2, 0) is 11.2 Å². The Morgan fingerprint density at radius 1 is 1.17 bits per heavy atom. The molecule has 0 bridgehead atoms. The lowest BCUT2D eigenvalue weighted by Crippen LogP contribution is -2.22. The summed E-state index contributed by atoms with van der Waals surface area (Å²) in [4.78, 5) is 0. The van der Waals surface area contributed by atoms with Gasteiger partial charge < -0.3 is 9.84 Å². The van der Waals surface area contributed by atoms with Crippen molar-refractivity contribution < 1.29 is 9.84 Å². The van der Waals surface area contributed by atoms with E-state index in [1.165, 1.54) is 5.56 Å². The molecule has 0 amide bonds. The highest BCUT2D eigenvalue weighted by atomic mass is 16.5. The van der Waals surface area contributed by atoms with Crippen LogP contribution in [0.1, 0.15) is 57.3 Å². The summed E-state index contributed by atoms with van der Waals surface area (Å²) in [6.07, 6.45) is 3.51. The monoisotopic (exact) mass is 250 g/mol. The lowest BCUT2D eigenvalue weighted by Gasteiger charge is -2.23. The molecular formula is C16H26O2. The standard InChI is InChI=1S/C16H26O2/c1-4-8-13-10-7-11-14(12-13)16(17)15(9-5-2)18-6-3/h7,10-12,15-17H,4-6,8-9H2,1-3H3. The van der Waals surface area contributed by atoms with Crippen molar-refractivity contribution in [2.24, 2.45) is 0 Å². The van der Waals surface area contributed by atoms with Gasteiger partial charge in [0.2, 0.25) is 0 Å². The van der Waals surface area contributed by atoms with E-state index in [0.717, 1.165) is 31.2 Å². The number of ether oxygens (including phenoxy) is 1. The van der Waals surface area contributed by atoms with E-state index in [1.807, 2.05) is 19.1 Å². The van der Waals surface area contributed by atoms with Gasteiger partial charge in [-0.2, -0.15) is 0 Å². The molecule has 0 saturated heterocycles. The summed E-state index contributed by atoms with van der Waals surface area (Å²) in [5.74, 6) is 0. The van der Waals surface area contributed by atoms with Gasteiger partial charge in [0.15, 0.2) is 0 Å². The Morgan fingerprint density at radius 3 is 2.56 bits per heavy atom. The number of aryl methyl sites for hydroxylation is 1. The molecule has 0 aliphatic carbocycles. The molecule has 18 heavy (non-hydrogen) atoms. The van der Waals surface area contributed by atoms with Gasteiger partial charge in [-0.3, -0.25) is 0 Å². The summed E-state index contributed by atoms with van der Waals surface area (Å²) < 4.78 is 5.65. The molecule has 2 atom stereocenters. The second-order valence-corrected chi connectivity index (χ2v) is 4.72. The van der Waals surface area contributed by atoms with Gasteiger partial charge in [-0.1, -0.05) is 51.0 Å². The largest absolute Gasteiger partial charge is 0.386 e. The van der Waals surface area contributed by atoms with E-state index in [-0.39, 0.29) is 6.10 Å². The third-order valence-corrected chi connectivity index (χ3v) is 3.14. The van der Waals surface area contributed by atoms with Gasteiger partial charge >= 0.3 is 0 Å². The minimum atomic E-state index is -0.512. The van der Waals surface area contributed by atoms with Crippen LogP contribution in [0.4, 0.5) is 0 Å². The quantitative estimate of drug-likeness (QED) is 0.758. The fourth-order valence-electron chi connectivity index (χ4n) is 2.27. The van der Waals surface area contributed by atoms with Gasteiger partial charge in [0.1, 0.15) is 6.10 Å². The van der Waals surface area contributed by atoms with Crippen LogP contribution >= 0.6 is 0 Å². The summed E-state index contributed by atoms with van der Waals surface area (Å²) >= 11 is 0. The molecular weight excluding hydrogens is 224 g/mol. The molecule has 1 aromatic rings. The zero-order valence-corrected chi connectivity index (χ0v) is 11.9. The Labute approximate surface area is 111 Å². The molecule has 0 aromatic heterocycles. The van der Waals surface area contributed by atoms with Crippen LogP contribution in [0.25, 0.3) is 0 Å². The second-order valence-electron chi connectivity index (χ2n) is 4.72. The van der Waals surface area contributed by atoms with Gasteiger partial charge in [0.25, 0.3) is 0 Å². The maximum absolute atomic E-state index is 10.4. The van der Waals surface area contributed by atoms with Crippen LogP contribution in [0.15, 0.2) is 24.3 Å². The highest BCUT2D eigenvalue weighted by Crippen LogP contribution is 2.23. The summed E-state index contributed by atoms with van der Waals surface area (Å²) in [5, 5.41) is 10.4. The highest BCUT2D eigenvalue weighted by molar-refractivity contribution is 5.26. The van der Waals surface area contributed by atoms with Crippen molar-refractivity contribution >= 4 is 0 Å². The maximum Gasteiger partial charge on any atom is 0.105 e. The number of hydrogen-bond donors (Lipinski definition) is 1. The molecule has 0 radical (unpaired) electrons. The molecule has 102 valence electrons. The van der Waals surface area contributed by atoms with Crippen LogP contribution in [0, 0.1) is 0 Å². The number of benzene rings is 1. The molecule has 0 spiro atoms. The summed E-state index contributed by atoms with van der Waals surface area (Å²) in [5.41, 5.74) is 2.27. The van der Waals surface area contributed by atoms with Crippen LogP contribution in [0.5, 0.6) is 0 Å². The van der Waals surface area contributed by atoms with Crippen LogP contribution < -0.4 is 0 Å². The highest BCUT2D eigenvalue weighted by Gasteiger charge is 2.20.